The molecule has 0 saturated carbocycles. The van der Waals surface area contributed by atoms with Crippen molar-refractivity contribution >= 4 is 39.0 Å². The summed E-state index contributed by atoms with van der Waals surface area (Å²) in [4.78, 5) is 19.5. The molecule has 0 spiro atoms. The smallest absolute Gasteiger partial charge is 0.271 e. The summed E-state index contributed by atoms with van der Waals surface area (Å²) >= 11 is 4.92. The highest BCUT2D eigenvalue weighted by Crippen LogP contribution is 2.41. The maximum Gasteiger partial charge on any atom is 0.271 e. The van der Waals surface area contributed by atoms with Crippen LogP contribution in [0.2, 0.25) is 0 Å². The van der Waals surface area contributed by atoms with Gasteiger partial charge in [-0.2, -0.15) is 0 Å². The Morgan fingerprint density at radius 3 is 2.71 bits per heavy atom. The zero-order chi connectivity index (χ0) is 24.1. The van der Waals surface area contributed by atoms with E-state index in [-0.39, 0.29) is 17.4 Å². The lowest BCUT2D eigenvalue weighted by Gasteiger charge is -2.30. The number of rotatable bonds is 3. The molecule has 0 radical (unpaired) electrons. The number of fused-ring (bicyclic) bond motifs is 3. The molecule has 35 heavy (non-hydrogen) atoms. The third kappa shape index (κ3) is 3.75. The molecule has 1 unspecified atom stereocenters. The summed E-state index contributed by atoms with van der Waals surface area (Å²) < 4.78 is 8.66. The predicted octanol–water partition coefficient (Wildman–Crippen LogP) is 4.80. The number of allylic oxidation sites excluding steroid dienone is 1. The van der Waals surface area contributed by atoms with Gasteiger partial charge in [-0.15, -0.1) is 0 Å². The average Bonchev–Trinajstić information content (AvgIpc) is 3.19. The summed E-state index contributed by atoms with van der Waals surface area (Å²) in [6, 6.07) is 21.5. The first-order chi connectivity index (χ1) is 17.0. The molecule has 4 aromatic rings. The van der Waals surface area contributed by atoms with Crippen molar-refractivity contribution < 1.29 is 9.84 Å². The van der Waals surface area contributed by atoms with Crippen LogP contribution < -0.4 is 19.6 Å². The lowest BCUT2D eigenvalue weighted by molar-refractivity contribution is 0.373. The van der Waals surface area contributed by atoms with Gasteiger partial charge in [-0.25, -0.2) is 4.99 Å². The minimum Gasteiger partial charge on any atom is -0.504 e. The molecule has 1 aliphatic carbocycles. The first-order valence-electron chi connectivity index (χ1n) is 11.3. The van der Waals surface area contributed by atoms with Crippen molar-refractivity contribution in [3.63, 3.8) is 0 Å². The molecule has 5 nitrogen and oxygen atoms in total. The molecule has 1 aliphatic heterocycles. The second-order valence-electron chi connectivity index (χ2n) is 8.60. The van der Waals surface area contributed by atoms with E-state index in [4.69, 9.17) is 9.73 Å². The molecule has 2 aliphatic rings. The summed E-state index contributed by atoms with van der Waals surface area (Å²) in [5.41, 5.74) is 6.37. The predicted molar refractivity (Wildman–Crippen MR) is 142 cm³/mol. The fraction of sp³-hybridized carbons (Fsp3) is 0.143. The quantitative estimate of drug-likeness (QED) is 0.403. The van der Waals surface area contributed by atoms with Gasteiger partial charge < -0.3 is 9.84 Å². The highest BCUT2D eigenvalue weighted by atomic mass is 79.9. The number of halogens is 1. The van der Waals surface area contributed by atoms with Crippen molar-refractivity contribution in [3.05, 3.63) is 119 Å². The maximum atomic E-state index is 13.8. The van der Waals surface area contributed by atoms with E-state index in [1.165, 1.54) is 29.6 Å². The Bertz CT molecular complexity index is 1680. The number of aryl methyl sites for hydroxylation is 1. The summed E-state index contributed by atoms with van der Waals surface area (Å²) in [6.45, 7) is 0. The van der Waals surface area contributed by atoms with Gasteiger partial charge in [0, 0.05) is 10.0 Å². The maximum absolute atomic E-state index is 13.8. The van der Waals surface area contributed by atoms with Gasteiger partial charge >= 0.3 is 0 Å². The zero-order valence-electron chi connectivity index (χ0n) is 18.9. The number of methoxy groups -OCH3 is 1. The third-order valence-electron chi connectivity index (χ3n) is 6.56. The van der Waals surface area contributed by atoms with E-state index in [2.05, 4.69) is 46.3 Å². The van der Waals surface area contributed by atoms with Gasteiger partial charge in [0.25, 0.3) is 5.56 Å². The summed E-state index contributed by atoms with van der Waals surface area (Å²) in [5, 5.41) is 9.94. The van der Waals surface area contributed by atoms with Gasteiger partial charge in [-0.1, -0.05) is 69.7 Å². The number of nitrogens with zero attached hydrogens (tertiary/aromatic N) is 2. The number of phenolic OH excluding ortho intramolecular Hbond substituents is 1. The summed E-state index contributed by atoms with van der Waals surface area (Å²) in [5.74, 6) is 0.430. The molecular weight excluding hydrogens is 524 g/mol. The number of aromatic nitrogens is 1. The lowest BCUT2D eigenvalue weighted by atomic mass is 9.83. The fourth-order valence-electron chi connectivity index (χ4n) is 4.90. The highest BCUT2D eigenvalue weighted by Gasteiger charge is 2.32. The Kier molecular flexibility index (Phi) is 5.46. The van der Waals surface area contributed by atoms with Gasteiger partial charge in [0.2, 0.25) is 0 Å². The first kappa shape index (κ1) is 22.1. The fourth-order valence-corrected chi connectivity index (χ4v) is 6.17. The summed E-state index contributed by atoms with van der Waals surface area (Å²) in [6.07, 6.45) is 3.62. The molecule has 0 fully saturated rings. The molecule has 174 valence electrons. The average molecular weight is 545 g/mol. The van der Waals surface area contributed by atoms with E-state index in [9.17, 15) is 9.90 Å². The van der Waals surface area contributed by atoms with Gasteiger partial charge in [-0.05, 0) is 65.4 Å². The zero-order valence-corrected chi connectivity index (χ0v) is 21.3. The Morgan fingerprint density at radius 1 is 1.11 bits per heavy atom. The number of thiazole rings is 1. The van der Waals surface area contributed by atoms with Crippen LogP contribution in [0.1, 0.15) is 34.7 Å². The Morgan fingerprint density at radius 2 is 1.91 bits per heavy atom. The van der Waals surface area contributed by atoms with E-state index in [0.29, 0.717) is 15.1 Å². The summed E-state index contributed by atoms with van der Waals surface area (Å²) in [7, 11) is 1.51. The molecule has 1 aromatic heterocycles. The molecule has 1 atom stereocenters. The van der Waals surface area contributed by atoms with Gasteiger partial charge in [0.15, 0.2) is 16.3 Å². The molecule has 0 saturated heterocycles. The van der Waals surface area contributed by atoms with Crippen LogP contribution in [-0.4, -0.2) is 16.8 Å². The van der Waals surface area contributed by atoms with E-state index in [1.54, 1.807) is 18.2 Å². The van der Waals surface area contributed by atoms with Crippen LogP contribution in [0.5, 0.6) is 11.5 Å². The topological polar surface area (TPSA) is 63.8 Å². The number of benzene rings is 3. The molecule has 0 amide bonds. The molecule has 2 heterocycles. The molecule has 7 heteroatoms. The van der Waals surface area contributed by atoms with E-state index in [0.717, 1.165) is 39.7 Å². The van der Waals surface area contributed by atoms with Crippen LogP contribution in [0.4, 0.5) is 0 Å². The van der Waals surface area contributed by atoms with Gasteiger partial charge in [0.1, 0.15) is 0 Å². The van der Waals surface area contributed by atoms with E-state index < -0.39 is 0 Å². The van der Waals surface area contributed by atoms with Crippen molar-refractivity contribution in [1.29, 1.82) is 0 Å². The molecule has 3 aromatic carbocycles. The number of ether oxygens (including phenoxy) is 1. The van der Waals surface area contributed by atoms with Crippen molar-refractivity contribution in [2.75, 3.05) is 7.11 Å². The van der Waals surface area contributed by atoms with Crippen LogP contribution in [0.15, 0.2) is 86.6 Å². The molecule has 0 bridgehead atoms. The van der Waals surface area contributed by atoms with Crippen molar-refractivity contribution in [1.82, 2.24) is 4.57 Å². The SMILES string of the molecule is COc1cc(C=c2sc3n(c2=O)C(c2ccc(Br)cc2)C2=C(N=3)c3ccccc3CC2)ccc1O. The first-order valence-corrected chi connectivity index (χ1v) is 12.9. The van der Waals surface area contributed by atoms with Crippen LogP contribution in [0.25, 0.3) is 11.8 Å². The van der Waals surface area contributed by atoms with Gasteiger partial charge in [-0.3, -0.25) is 9.36 Å². The van der Waals surface area contributed by atoms with Crippen molar-refractivity contribution in [3.8, 4) is 11.5 Å². The van der Waals surface area contributed by atoms with Crippen LogP contribution in [0, 0.1) is 0 Å². The van der Waals surface area contributed by atoms with E-state index >= 15 is 0 Å². The van der Waals surface area contributed by atoms with E-state index in [1.807, 2.05) is 28.8 Å². The second kappa shape index (κ2) is 8.66. The minimum absolute atomic E-state index is 0.0627. The van der Waals surface area contributed by atoms with Crippen LogP contribution >= 0.6 is 27.3 Å². The molecular formula is C28H21BrN2O3S. The lowest BCUT2D eigenvalue weighted by Crippen LogP contribution is -2.38. The Labute approximate surface area is 214 Å². The van der Waals surface area contributed by atoms with Gasteiger partial charge in [0.05, 0.1) is 23.4 Å². The Hall–Kier alpha value is -3.42. The normalized spacial score (nSPS) is 16.9. The van der Waals surface area contributed by atoms with Crippen LogP contribution in [-0.2, 0) is 6.42 Å². The molecule has 1 N–H and O–H groups in total. The number of phenols is 1. The van der Waals surface area contributed by atoms with Crippen LogP contribution in [0.3, 0.4) is 0 Å². The monoisotopic (exact) mass is 544 g/mol. The number of hydrogen-bond acceptors (Lipinski definition) is 5. The van der Waals surface area contributed by atoms with Crippen molar-refractivity contribution in [2.45, 2.75) is 18.9 Å². The standard InChI is InChI=1S/C28H21BrN2O3S/c1-34-23-14-16(6-13-22(23)32)15-24-27(33)31-26(18-7-10-19(29)11-8-18)21-12-9-17-4-2-3-5-20(17)25(21)30-28(31)35-24/h2-8,10-11,13-15,26,32H,9,12H2,1H3. The highest BCUT2D eigenvalue weighted by molar-refractivity contribution is 9.10. The largest absolute Gasteiger partial charge is 0.504 e. The van der Waals surface area contributed by atoms with Crippen molar-refractivity contribution in [2.24, 2.45) is 4.99 Å². The number of hydrogen-bond donors (Lipinski definition) is 1. The molecule has 6 rings (SSSR count). The second-order valence-corrected chi connectivity index (χ2v) is 10.5. The minimum atomic E-state index is -0.209. The Balaban J connectivity index is 1.60. The number of aromatic hydroxyl groups is 1. The third-order valence-corrected chi connectivity index (χ3v) is 8.07.